The predicted octanol–water partition coefficient (Wildman–Crippen LogP) is 6.97. The number of thiazole rings is 1. The Morgan fingerprint density at radius 1 is 1.00 bits per heavy atom. The lowest BCUT2D eigenvalue weighted by Crippen LogP contribution is -2.21. The van der Waals surface area contributed by atoms with Gasteiger partial charge < -0.3 is 9.15 Å². The third-order valence-corrected chi connectivity index (χ3v) is 6.69. The van der Waals surface area contributed by atoms with Crippen molar-refractivity contribution in [1.82, 2.24) is 4.98 Å². The summed E-state index contributed by atoms with van der Waals surface area (Å²) < 4.78 is 11.6. The summed E-state index contributed by atoms with van der Waals surface area (Å²) in [5.41, 5.74) is 6.88. The van der Waals surface area contributed by atoms with Crippen molar-refractivity contribution in [3.63, 3.8) is 0 Å². The number of nitrogens with zero attached hydrogens (tertiary/aromatic N) is 2. The summed E-state index contributed by atoms with van der Waals surface area (Å²) in [5.74, 6) is 0.219. The van der Waals surface area contributed by atoms with E-state index in [1.165, 1.54) is 11.3 Å². The molecule has 7 heteroatoms. The van der Waals surface area contributed by atoms with Crippen LogP contribution in [0.15, 0.2) is 81.5 Å². The summed E-state index contributed by atoms with van der Waals surface area (Å²) in [6.07, 6.45) is 0. The molecule has 0 unspecified atom stereocenters. The zero-order valence-corrected chi connectivity index (χ0v) is 21.3. The van der Waals surface area contributed by atoms with Crippen LogP contribution in [0.2, 0.25) is 0 Å². The number of hydrogen-bond acceptors (Lipinski definition) is 6. The van der Waals surface area contributed by atoms with Gasteiger partial charge in [-0.2, -0.15) is 0 Å². The Bertz CT molecular complexity index is 1670. The van der Waals surface area contributed by atoms with Gasteiger partial charge in [-0.05, 0) is 56.2 Å². The Kier molecular flexibility index (Phi) is 6.40. The van der Waals surface area contributed by atoms with Crippen LogP contribution in [0.4, 0.5) is 10.8 Å². The molecule has 2 aromatic heterocycles. The normalized spacial score (nSPS) is 11.6. The molecular formula is C29H25N3O3S. The maximum Gasteiger partial charge on any atom is 0.262 e. The first kappa shape index (κ1) is 23.5. The second-order valence-corrected chi connectivity index (χ2v) is 9.41. The lowest BCUT2D eigenvalue weighted by Gasteiger charge is -2.08. The molecule has 0 fully saturated rings. The van der Waals surface area contributed by atoms with Crippen LogP contribution in [-0.4, -0.2) is 18.0 Å². The number of nitrogens with one attached hydrogen (secondary N) is 1. The van der Waals surface area contributed by atoms with Gasteiger partial charge in [0.15, 0.2) is 16.5 Å². The number of rotatable bonds is 5. The molecule has 0 bridgehead atoms. The molecule has 5 rings (SSSR count). The Morgan fingerprint density at radius 2 is 1.83 bits per heavy atom. The average molecular weight is 496 g/mol. The highest BCUT2D eigenvalue weighted by Gasteiger charge is 2.17. The second-order valence-electron chi connectivity index (χ2n) is 8.55. The fourth-order valence-electron chi connectivity index (χ4n) is 3.96. The molecule has 3 aromatic carbocycles. The highest BCUT2D eigenvalue weighted by Crippen LogP contribution is 2.29. The van der Waals surface area contributed by atoms with Gasteiger partial charge in [0.1, 0.15) is 5.56 Å². The van der Waals surface area contributed by atoms with E-state index >= 15 is 0 Å². The number of methoxy groups -OCH3 is 1. The summed E-state index contributed by atoms with van der Waals surface area (Å²) in [5, 5.41) is 6.12. The number of para-hydroxylation sites is 2. The van der Waals surface area contributed by atoms with Gasteiger partial charge in [-0.15, -0.1) is 11.3 Å². The largest absolute Gasteiger partial charge is 0.493 e. The molecule has 0 aliphatic carbocycles. The van der Waals surface area contributed by atoms with E-state index in [1.807, 2.05) is 54.8 Å². The summed E-state index contributed by atoms with van der Waals surface area (Å²) in [7, 11) is 1.58. The molecule has 36 heavy (non-hydrogen) atoms. The molecular weight excluding hydrogens is 470 g/mol. The number of anilines is 1. The van der Waals surface area contributed by atoms with E-state index in [4.69, 9.17) is 14.1 Å². The van der Waals surface area contributed by atoms with Gasteiger partial charge in [0.05, 0.1) is 18.5 Å². The smallest absolute Gasteiger partial charge is 0.262 e. The number of fused-ring (bicyclic) bond motifs is 1. The number of benzene rings is 3. The third-order valence-electron chi connectivity index (χ3n) is 5.93. The monoisotopic (exact) mass is 495 g/mol. The highest BCUT2D eigenvalue weighted by atomic mass is 32.1. The van der Waals surface area contributed by atoms with Crippen LogP contribution in [-0.2, 0) is 0 Å². The molecule has 5 aromatic rings. The molecule has 6 nitrogen and oxygen atoms in total. The van der Waals surface area contributed by atoms with Gasteiger partial charge in [0, 0.05) is 16.3 Å². The van der Waals surface area contributed by atoms with Gasteiger partial charge >= 0.3 is 0 Å². The Labute approximate surface area is 212 Å². The molecule has 1 amide bonds. The van der Waals surface area contributed by atoms with Crippen molar-refractivity contribution in [1.29, 1.82) is 0 Å². The van der Waals surface area contributed by atoms with E-state index in [9.17, 15) is 4.79 Å². The summed E-state index contributed by atoms with van der Waals surface area (Å²) in [4.78, 5) is 22.9. The fraction of sp³-hybridized carbons (Fsp3) is 0.138. The van der Waals surface area contributed by atoms with Crippen LogP contribution in [0.1, 0.15) is 27.0 Å². The van der Waals surface area contributed by atoms with Crippen LogP contribution in [0.25, 0.3) is 22.2 Å². The van der Waals surface area contributed by atoms with Gasteiger partial charge in [-0.3, -0.25) is 10.1 Å². The van der Waals surface area contributed by atoms with Crippen molar-refractivity contribution < 1.29 is 13.9 Å². The molecule has 0 radical (unpaired) electrons. The molecule has 0 saturated heterocycles. The summed E-state index contributed by atoms with van der Waals surface area (Å²) >= 11 is 1.38. The van der Waals surface area contributed by atoms with Crippen molar-refractivity contribution in [3.05, 3.63) is 99.9 Å². The van der Waals surface area contributed by atoms with Crippen LogP contribution in [0, 0.1) is 20.8 Å². The van der Waals surface area contributed by atoms with E-state index in [0.717, 1.165) is 39.0 Å². The predicted molar refractivity (Wildman–Crippen MR) is 144 cm³/mol. The van der Waals surface area contributed by atoms with E-state index in [2.05, 4.69) is 42.3 Å². The van der Waals surface area contributed by atoms with Crippen LogP contribution < -0.4 is 15.6 Å². The standard InChI is InChI=1S/C29H25N3O3S/c1-17-12-13-18(2)21(14-17)24-16-36-29(31-24)32-27(33)22-15-20-9-7-11-25(34-4)26(20)35-28(22)30-23-10-6-5-8-19(23)3/h5-16H,1-4H3,(H,31,32,33). The molecule has 0 aliphatic rings. The molecule has 0 atom stereocenters. The van der Waals surface area contributed by atoms with Gasteiger partial charge in [0.2, 0.25) is 5.55 Å². The topological polar surface area (TPSA) is 76.7 Å². The van der Waals surface area contributed by atoms with E-state index in [0.29, 0.717) is 22.0 Å². The first-order valence-electron chi connectivity index (χ1n) is 11.5. The molecule has 0 spiro atoms. The van der Waals surface area contributed by atoms with E-state index < -0.39 is 0 Å². The molecule has 180 valence electrons. The van der Waals surface area contributed by atoms with Gasteiger partial charge in [-0.1, -0.05) is 48.0 Å². The summed E-state index contributed by atoms with van der Waals surface area (Å²) in [6, 6.07) is 21.3. The lowest BCUT2D eigenvalue weighted by atomic mass is 10.0. The molecule has 0 saturated carbocycles. The first-order chi connectivity index (χ1) is 17.4. The number of carbonyl (C=O) groups excluding carboxylic acids is 1. The van der Waals surface area contributed by atoms with Crippen molar-refractivity contribution in [2.24, 2.45) is 4.99 Å². The number of amides is 1. The number of aromatic nitrogens is 1. The maximum atomic E-state index is 13.5. The molecule has 1 N–H and O–H groups in total. The zero-order chi connectivity index (χ0) is 25.2. The average Bonchev–Trinajstić information content (AvgIpc) is 3.34. The Morgan fingerprint density at radius 3 is 2.64 bits per heavy atom. The second kappa shape index (κ2) is 9.79. The first-order valence-corrected chi connectivity index (χ1v) is 12.4. The quantitative estimate of drug-likeness (QED) is 0.285. The van der Waals surface area contributed by atoms with Crippen LogP contribution in [0.5, 0.6) is 5.75 Å². The lowest BCUT2D eigenvalue weighted by molar-refractivity contribution is 0.102. The number of aryl methyl sites for hydroxylation is 3. The molecule has 2 heterocycles. The molecule has 0 aliphatic heterocycles. The van der Waals surface area contributed by atoms with Crippen molar-refractivity contribution >= 4 is 39.0 Å². The minimum atomic E-state index is -0.349. The van der Waals surface area contributed by atoms with E-state index in [1.54, 1.807) is 13.2 Å². The highest BCUT2D eigenvalue weighted by molar-refractivity contribution is 7.14. The fourth-order valence-corrected chi connectivity index (χ4v) is 4.67. The Balaban J connectivity index is 1.58. The minimum Gasteiger partial charge on any atom is -0.493 e. The van der Waals surface area contributed by atoms with Crippen LogP contribution >= 0.6 is 11.3 Å². The summed E-state index contributed by atoms with van der Waals surface area (Å²) in [6.45, 7) is 6.07. The number of hydrogen-bond donors (Lipinski definition) is 1. The van der Waals surface area contributed by atoms with Crippen LogP contribution in [0.3, 0.4) is 0 Å². The Hall–Kier alpha value is -4.23. The van der Waals surface area contributed by atoms with E-state index in [-0.39, 0.29) is 11.5 Å². The minimum absolute atomic E-state index is 0.199. The van der Waals surface area contributed by atoms with Crippen molar-refractivity contribution in [3.8, 4) is 17.0 Å². The van der Waals surface area contributed by atoms with Crippen molar-refractivity contribution in [2.45, 2.75) is 20.8 Å². The number of ether oxygens (including phenoxy) is 1. The maximum absolute atomic E-state index is 13.5. The third kappa shape index (κ3) is 4.65. The SMILES string of the molecule is COc1cccc2cc(C(=O)Nc3nc(-c4cc(C)ccc4C)cs3)c(=Nc3ccccc3C)oc12. The van der Waals surface area contributed by atoms with Crippen molar-refractivity contribution in [2.75, 3.05) is 12.4 Å². The zero-order valence-electron chi connectivity index (χ0n) is 20.5. The number of carbonyl (C=O) groups is 1. The van der Waals surface area contributed by atoms with Gasteiger partial charge in [0.25, 0.3) is 5.91 Å². The van der Waals surface area contributed by atoms with Gasteiger partial charge in [-0.25, -0.2) is 9.98 Å².